The van der Waals surface area contributed by atoms with Gasteiger partial charge in [-0.25, -0.2) is 9.98 Å². The van der Waals surface area contributed by atoms with Crippen LogP contribution in [0.15, 0.2) is 234 Å². The van der Waals surface area contributed by atoms with E-state index in [1.54, 1.807) is 0 Å². The predicted molar refractivity (Wildman–Crippen MR) is 264 cm³/mol. The van der Waals surface area contributed by atoms with Gasteiger partial charge in [0.15, 0.2) is 6.17 Å². The van der Waals surface area contributed by atoms with Crippen LogP contribution >= 0.6 is 0 Å². The molecule has 1 spiro atoms. The Kier molecular flexibility index (Phi) is 8.81. The van der Waals surface area contributed by atoms with E-state index in [1.165, 1.54) is 61.2 Å². The molecule has 1 N–H and O–H groups in total. The topological polar surface area (TPSA) is 36.8 Å². The van der Waals surface area contributed by atoms with E-state index in [1.807, 2.05) is 0 Å². The number of rotatable bonds is 6. The molecule has 304 valence electrons. The molecule has 0 amide bonds. The van der Waals surface area contributed by atoms with E-state index < -0.39 is 11.6 Å². The van der Waals surface area contributed by atoms with E-state index >= 15 is 0 Å². The fourth-order valence-corrected chi connectivity index (χ4v) is 10.7. The Balaban J connectivity index is 0.952. The average molecular weight is 820 g/mol. The van der Waals surface area contributed by atoms with E-state index in [0.29, 0.717) is 0 Å². The van der Waals surface area contributed by atoms with Gasteiger partial charge in [0.2, 0.25) is 0 Å². The lowest BCUT2D eigenvalue weighted by Crippen LogP contribution is -2.40. The van der Waals surface area contributed by atoms with Gasteiger partial charge in [0.25, 0.3) is 0 Å². The van der Waals surface area contributed by atoms with E-state index in [9.17, 15) is 0 Å². The van der Waals surface area contributed by atoms with Gasteiger partial charge in [-0.2, -0.15) is 0 Å². The van der Waals surface area contributed by atoms with Gasteiger partial charge in [-0.15, -0.1) is 0 Å². The van der Waals surface area contributed by atoms with Crippen LogP contribution in [0.1, 0.15) is 70.1 Å². The Morgan fingerprint density at radius 1 is 0.328 bits per heavy atom. The van der Waals surface area contributed by atoms with Crippen LogP contribution < -0.4 is 5.32 Å². The molecule has 3 nitrogen and oxygen atoms in total. The first kappa shape index (κ1) is 37.8. The molecule has 9 aromatic carbocycles. The molecule has 0 aromatic heterocycles. The fraction of sp³-hybridized carbons (Fsp3) is 0.0820. The number of nitrogens with one attached hydrogen (secondary N) is 1. The smallest absolute Gasteiger partial charge is 0.169 e. The van der Waals surface area contributed by atoms with Gasteiger partial charge in [-0.1, -0.05) is 220 Å². The van der Waals surface area contributed by atoms with Gasteiger partial charge in [0, 0.05) is 16.5 Å². The zero-order chi connectivity index (χ0) is 42.8. The van der Waals surface area contributed by atoms with Crippen molar-refractivity contribution < 1.29 is 0 Å². The van der Waals surface area contributed by atoms with Crippen molar-refractivity contribution in [3.05, 3.63) is 275 Å². The molecule has 0 bridgehead atoms. The predicted octanol–water partition coefficient (Wildman–Crippen LogP) is 14.2. The molecule has 0 unspecified atom stereocenters. The zero-order valence-corrected chi connectivity index (χ0v) is 35.8. The second kappa shape index (κ2) is 14.9. The lowest BCUT2D eigenvalue weighted by Gasteiger charge is -2.46. The van der Waals surface area contributed by atoms with Crippen molar-refractivity contribution in [3.63, 3.8) is 0 Å². The maximum absolute atomic E-state index is 5.31. The van der Waals surface area contributed by atoms with Crippen molar-refractivity contribution in [2.45, 2.75) is 30.8 Å². The average Bonchev–Trinajstić information content (AvgIpc) is 3.67. The van der Waals surface area contributed by atoms with E-state index in [-0.39, 0.29) is 5.41 Å². The highest BCUT2D eigenvalue weighted by Gasteiger charge is 2.53. The molecule has 0 saturated carbocycles. The van der Waals surface area contributed by atoms with Crippen molar-refractivity contribution in [2.75, 3.05) is 0 Å². The monoisotopic (exact) mass is 819 g/mol. The Morgan fingerprint density at radius 3 is 1.30 bits per heavy atom. The maximum Gasteiger partial charge on any atom is 0.169 e. The molecule has 0 atom stereocenters. The molecule has 12 rings (SSSR count). The summed E-state index contributed by atoms with van der Waals surface area (Å²) in [5.74, 6) is 1.59. The molecule has 0 saturated heterocycles. The first-order valence-electron chi connectivity index (χ1n) is 22.3. The molecule has 0 fully saturated rings. The standard InChI is InChI=1S/C61H45N3/c1-60(2)53-29-13-14-30-54(53)61(51-27-11-9-25-49(51)50-26-10-12-28-52(50)61)55-36-35-46(39-56(55)60)42-31-33-43(34-32-42)57-62-58(47-23-15-21-44(37-47)40-17-5-3-6-18-40)64-59(63-57)48-24-16-22-45(38-48)41-19-7-4-8-20-41/h3-39,57H,1-2H3,(H,62,63,64). The molecule has 1 heterocycles. The summed E-state index contributed by atoms with van der Waals surface area (Å²) in [7, 11) is 0. The quantitative estimate of drug-likeness (QED) is 0.178. The highest BCUT2D eigenvalue weighted by molar-refractivity contribution is 6.16. The van der Waals surface area contributed by atoms with Crippen LogP contribution in [0.3, 0.4) is 0 Å². The van der Waals surface area contributed by atoms with Crippen molar-refractivity contribution in [2.24, 2.45) is 9.98 Å². The van der Waals surface area contributed by atoms with Gasteiger partial charge in [-0.05, 0) is 102 Å². The lowest BCUT2D eigenvalue weighted by atomic mass is 9.55. The van der Waals surface area contributed by atoms with Crippen LogP contribution in [0.25, 0.3) is 44.5 Å². The Bertz CT molecular complexity index is 3180. The minimum atomic E-state index is -0.442. The van der Waals surface area contributed by atoms with Crippen molar-refractivity contribution in [3.8, 4) is 44.5 Å². The minimum absolute atomic E-state index is 0.222. The number of fused-ring (bicyclic) bond motifs is 9. The number of benzene rings is 9. The molecule has 3 heteroatoms. The molecule has 2 aliphatic carbocycles. The Morgan fingerprint density at radius 2 is 0.734 bits per heavy atom. The first-order chi connectivity index (χ1) is 31.5. The lowest BCUT2D eigenvalue weighted by molar-refractivity contribution is 0.563. The van der Waals surface area contributed by atoms with E-state index in [0.717, 1.165) is 45.1 Å². The van der Waals surface area contributed by atoms with Gasteiger partial charge >= 0.3 is 0 Å². The van der Waals surface area contributed by atoms with Crippen LogP contribution in [0.4, 0.5) is 0 Å². The van der Waals surface area contributed by atoms with E-state index in [2.05, 4.69) is 244 Å². The van der Waals surface area contributed by atoms with Crippen LogP contribution in [-0.2, 0) is 10.8 Å². The first-order valence-corrected chi connectivity index (χ1v) is 22.3. The molecule has 0 radical (unpaired) electrons. The number of hydrogen-bond acceptors (Lipinski definition) is 3. The van der Waals surface area contributed by atoms with Gasteiger partial charge in [-0.3, -0.25) is 0 Å². The summed E-state index contributed by atoms with van der Waals surface area (Å²) in [4.78, 5) is 10.6. The Hall–Kier alpha value is -7.88. The Labute approximate surface area is 375 Å². The summed E-state index contributed by atoms with van der Waals surface area (Å²) in [6.07, 6.45) is -0.442. The number of hydrogen-bond donors (Lipinski definition) is 1. The molecular formula is C61H45N3. The van der Waals surface area contributed by atoms with E-state index in [4.69, 9.17) is 9.98 Å². The third-order valence-electron chi connectivity index (χ3n) is 13.8. The third-order valence-corrected chi connectivity index (χ3v) is 13.8. The van der Waals surface area contributed by atoms with Crippen LogP contribution in [-0.4, -0.2) is 11.7 Å². The summed E-state index contributed by atoms with van der Waals surface area (Å²) >= 11 is 0. The van der Waals surface area contributed by atoms with Crippen molar-refractivity contribution in [1.82, 2.24) is 5.32 Å². The molecular weight excluding hydrogens is 775 g/mol. The van der Waals surface area contributed by atoms with Crippen molar-refractivity contribution in [1.29, 1.82) is 0 Å². The second-order valence-electron chi connectivity index (χ2n) is 17.7. The third kappa shape index (κ3) is 5.96. The molecule has 64 heavy (non-hydrogen) atoms. The minimum Gasteiger partial charge on any atom is -0.324 e. The highest BCUT2D eigenvalue weighted by Crippen LogP contribution is 2.62. The number of nitrogens with zero attached hydrogens (tertiary/aromatic N) is 2. The second-order valence-corrected chi connectivity index (χ2v) is 17.7. The van der Waals surface area contributed by atoms with Gasteiger partial charge < -0.3 is 5.32 Å². The summed E-state index contributed by atoms with van der Waals surface area (Å²) in [5, 5.41) is 3.66. The van der Waals surface area contributed by atoms with Crippen LogP contribution in [0, 0.1) is 0 Å². The molecule has 1 aliphatic heterocycles. The van der Waals surface area contributed by atoms with Gasteiger partial charge in [0.05, 0.1) is 5.41 Å². The van der Waals surface area contributed by atoms with Crippen molar-refractivity contribution >= 4 is 11.7 Å². The zero-order valence-electron chi connectivity index (χ0n) is 35.8. The largest absolute Gasteiger partial charge is 0.324 e. The normalized spacial score (nSPS) is 15.2. The van der Waals surface area contributed by atoms with Gasteiger partial charge in [0.1, 0.15) is 11.7 Å². The number of amidine groups is 2. The summed E-state index contributed by atoms with van der Waals surface area (Å²) in [6, 6.07) is 81.6. The maximum atomic E-state index is 5.31. The highest BCUT2D eigenvalue weighted by atomic mass is 15.2. The SMILES string of the molecule is CC1(C)c2ccccc2C2(c3ccccc3-c3ccccc32)c2ccc(-c3ccc(C4N=C(c5cccc(-c6ccccc6)c5)NC(c5cccc(-c6ccccc6)c5)=N4)cc3)cc21. The summed E-state index contributed by atoms with van der Waals surface area (Å²) in [6.45, 7) is 4.79. The molecule has 3 aliphatic rings. The fourth-order valence-electron chi connectivity index (χ4n) is 10.7. The van der Waals surface area contributed by atoms with Crippen LogP contribution in [0.2, 0.25) is 0 Å². The summed E-state index contributed by atoms with van der Waals surface area (Å²) < 4.78 is 0. The molecule has 9 aromatic rings. The number of aliphatic imine (C=N–C) groups is 2. The summed E-state index contributed by atoms with van der Waals surface area (Å²) in [5.41, 5.74) is 20.2. The van der Waals surface area contributed by atoms with Crippen LogP contribution in [0.5, 0.6) is 0 Å².